The Morgan fingerprint density at radius 3 is 2.51 bits per heavy atom. The number of amides is 1. The minimum Gasteiger partial charge on any atom is -0.502 e. The van der Waals surface area contributed by atoms with Gasteiger partial charge in [-0.25, -0.2) is 0 Å². The van der Waals surface area contributed by atoms with Crippen molar-refractivity contribution >= 4 is 23.4 Å². The summed E-state index contributed by atoms with van der Waals surface area (Å²) in [7, 11) is 3.79. The molecule has 0 saturated heterocycles. The molecule has 7 nitrogen and oxygen atoms in total. The van der Waals surface area contributed by atoms with E-state index in [0.29, 0.717) is 10.7 Å². The number of halogens is 3. The Morgan fingerprint density at radius 2 is 1.81 bits per heavy atom. The Hall–Kier alpha value is -3.60. The topological polar surface area (TPSA) is 69.0 Å². The van der Waals surface area contributed by atoms with E-state index >= 15 is 0 Å². The molecule has 194 valence electrons. The normalized spacial score (nSPS) is 18.0. The fourth-order valence-corrected chi connectivity index (χ4v) is 6.01. The second kappa shape index (κ2) is 9.05. The van der Waals surface area contributed by atoms with Gasteiger partial charge in [0.1, 0.15) is 18.8 Å². The van der Waals surface area contributed by atoms with Crippen LogP contribution in [0.15, 0.2) is 64.4 Å². The van der Waals surface area contributed by atoms with Crippen LogP contribution in [-0.4, -0.2) is 53.6 Å². The van der Waals surface area contributed by atoms with Crippen LogP contribution in [0, 0.1) is 0 Å². The molecule has 0 fully saturated rings. The molecule has 2 aliphatic heterocycles. The van der Waals surface area contributed by atoms with Crippen LogP contribution in [0.5, 0.6) is 5.75 Å². The lowest BCUT2D eigenvalue weighted by Crippen LogP contribution is -2.60. The number of thioether (sulfide) groups is 1. The summed E-state index contributed by atoms with van der Waals surface area (Å²) in [4.78, 5) is 29.2. The summed E-state index contributed by atoms with van der Waals surface area (Å²) in [6, 6.07) is 11.9. The molecule has 0 spiro atoms. The molecule has 3 heterocycles. The Kier molecular flexibility index (Phi) is 6.13. The van der Waals surface area contributed by atoms with Crippen molar-refractivity contribution in [2.45, 2.75) is 35.8 Å². The van der Waals surface area contributed by atoms with E-state index in [9.17, 15) is 27.9 Å². The van der Waals surface area contributed by atoms with Gasteiger partial charge in [-0.15, -0.1) is 11.8 Å². The maximum absolute atomic E-state index is 13.9. The van der Waals surface area contributed by atoms with Crippen LogP contribution in [0.25, 0.3) is 0 Å². The molecule has 5 rings (SSSR count). The van der Waals surface area contributed by atoms with Gasteiger partial charge in [-0.1, -0.05) is 30.3 Å². The number of alkyl halides is 3. The van der Waals surface area contributed by atoms with Gasteiger partial charge in [-0.3, -0.25) is 19.3 Å². The van der Waals surface area contributed by atoms with Crippen molar-refractivity contribution < 1.29 is 23.1 Å². The third-order valence-electron chi connectivity index (χ3n) is 6.86. The van der Waals surface area contributed by atoms with E-state index in [1.165, 1.54) is 10.9 Å². The quantitative estimate of drug-likeness (QED) is 0.544. The van der Waals surface area contributed by atoms with Gasteiger partial charge in [0.05, 0.1) is 0 Å². The van der Waals surface area contributed by atoms with Gasteiger partial charge in [0.2, 0.25) is 5.43 Å². The largest absolute Gasteiger partial charge is 0.502 e. The zero-order valence-corrected chi connectivity index (χ0v) is 21.2. The maximum atomic E-state index is 13.9. The molecule has 0 bridgehead atoms. The van der Waals surface area contributed by atoms with Crippen molar-refractivity contribution in [3.63, 3.8) is 0 Å². The van der Waals surface area contributed by atoms with E-state index < -0.39 is 47.7 Å². The minimum absolute atomic E-state index is 0.417. The third-order valence-corrected chi connectivity index (χ3v) is 7.99. The maximum Gasteiger partial charge on any atom is 0.408 e. The minimum atomic E-state index is -4.71. The van der Waals surface area contributed by atoms with Gasteiger partial charge in [-0.2, -0.15) is 13.2 Å². The predicted octanol–water partition coefficient (Wildman–Crippen LogP) is 4.32. The molecule has 0 unspecified atom stereocenters. The highest BCUT2D eigenvalue weighted by Gasteiger charge is 2.47. The molecule has 1 amide bonds. The number of aromatic nitrogens is 1. The second-order valence-electron chi connectivity index (χ2n) is 9.27. The number of hydrogen-bond donors (Lipinski definition) is 1. The number of carbonyl (C=O) groups excluding carboxylic acids is 1. The van der Waals surface area contributed by atoms with Gasteiger partial charge in [0.15, 0.2) is 11.4 Å². The molecule has 2 atom stereocenters. The van der Waals surface area contributed by atoms with Crippen molar-refractivity contribution in [3.8, 4) is 5.75 Å². The van der Waals surface area contributed by atoms with Crippen molar-refractivity contribution in [3.05, 3.63) is 87.3 Å². The van der Waals surface area contributed by atoms with Crippen LogP contribution < -0.4 is 15.3 Å². The number of hydrogen-bond acceptors (Lipinski definition) is 6. The number of fused-ring (bicyclic) bond motifs is 3. The molecule has 3 aromatic rings. The van der Waals surface area contributed by atoms with Crippen molar-refractivity contribution in [2.75, 3.05) is 30.7 Å². The zero-order chi connectivity index (χ0) is 26.6. The molecule has 2 aromatic carbocycles. The van der Waals surface area contributed by atoms with E-state index in [-0.39, 0.29) is 0 Å². The molecule has 37 heavy (non-hydrogen) atoms. The van der Waals surface area contributed by atoms with Crippen LogP contribution in [0.4, 0.5) is 18.9 Å². The van der Waals surface area contributed by atoms with Gasteiger partial charge in [0, 0.05) is 48.3 Å². The van der Waals surface area contributed by atoms with E-state index in [2.05, 4.69) is 0 Å². The Labute approximate surface area is 215 Å². The average molecular weight is 531 g/mol. The van der Waals surface area contributed by atoms with Gasteiger partial charge in [0.25, 0.3) is 5.91 Å². The number of aromatic hydroxyl groups is 1. The summed E-state index contributed by atoms with van der Waals surface area (Å²) in [5, 5.41) is 12.2. The summed E-state index contributed by atoms with van der Waals surface area (Å²) in [6.45, 7) is 0.486. The first-order valence-electron chi connectivity index (χ1n) is 11.6. The smallest absolute Gasteiger partial charge is 0.408 e. The predicted molar refractivity (Wildman–Crippen MR) is 136 cm³/mol. The van der Waals surface area contributed by atoms with E-state index in [0.717, 1.165) is 40.3 Å². The van der Waals surface area contributed by atoms with E-state index in [4.69, 9.17) is 0 Å². The van der Waals surface area contributed by atoms with Crippen molar-refractivity contribution in [1.82, 2.24) is 9.58 Å². The number of rotatable bonds is 3. The summed E-state index contributed by atoms with van der Waals surface area (Å²) in [6.07, 6.45) is -3.37. The summed E-state index contributed by atoms with van der Waals surface area (Å²) < 4.78 is 43.0. The molecule has 1 N–H and O–H groups in total. The van der Waals surface area contributed by atoms with Crippen LogP contribution in [-0.2, 0) is 5.75 Å². The third kappa shape index (κ3) is 4.11. The van der Waals surface area contributed by atoms with Gasteiger partial charge >= 0.3 is 6.18 Å². The lowest BCUT2D eigenvalue weighted by molar-refractivity contribution is -0.173. The van der Waals surface area contributed by atoms with Crippen LogP contribution >= 0.6 is 11.8 Å². The number of carbonyl (C=O) groups is 1. The molecule has 2 aliphatic rings. The molecular formula is C26H25F3N4O3S. The van der Waals surface area contributed by atoms with Crippen molar-refractivity contribution in [1.29, 1.82) is 0 Å². The van der Waals surface area contributed by atoms with E-state index in [1.54, 1.807) is 16.8 Å². The van der Waals surface area contributed by atoms with E-state index in [1.807, 2.05) is 61.5 Å². The monoisotopic (exact) mass is 530 g/mol. The van der Waals surface area contributed by atoms with Gasteiger partial charge in [-0.05, 0) is 30.2 Å². The molecule has 1 aromatic heterocycles. The molecular weight excluding hydrogens is 505 g/mol. The van der Waals surface area contributed by atoms with Crippen LogP contribution in [0.2, 0.25) is 0 Å². The molecule has 0 radical (unpaired) electrons. The SMILES string of the molecule is C[C@@H](N1CN([C@H]2c3ccccc3SCc3cccc(N(C)C)c32)n2ccc(=O)c(O)c2C1=O)C(F)(F)F. The molecule has 11 heteroatoms. The zero-order valence-electron chi connectivity index (χ0n) is 20.4. The highest BCUT2D eigenvalue weighted by molar-refractivity contribution is 7.98. The number of pyridine rings is 1. The van der Waals surface area contributed by atoms with Gasteiger partial charge < -0.3 is 14.9 Å². The Morgan fingerprint density at radius 1 is 1.08 bits per heavy atom. The average Bonchev–Trinajstić information content (AvgIpc) is 3.02. The highest BCUT2D eigenvalue weighted by atomic mass is 32.2. The summed E-state index contributed by atoms with van der Waals surface area (Å²) in [5.74, 6) is -1.30. The first kappa shape index (κ1) is 25.1. The lowest BCUT2D eigenvalue weighted by atomic mass is 9.92. The fourth-order valence-electron chi connectivity index (χ4n) is 4.93. The highest BCUT2D eigenvalue weighted by Crippen LogP contribution is 2.46. The number of nitrogens with zero attached hydrogens (tertiary/aromatic N) is 4. The fraction of sp³-hybridized carbons (Fsp3) is 0.308. The Balaban J connectivity index is 1.82. The standard InChI is InChI=1S/C26H25F3N4O3S/c1-15(26(27,28)29)31-14-33(32-12-11-19(34)24(35)23(32)25(31)36)22-17-8-4-5-10-20(17)37-13-16-7-6-9-18(21(16)22)30(2)3/h4-12,15,22,35H,13-14H2,1-3H3/t15-,22+/m1/s1. The lowest BCUT2D eigenvalue weighted by Gasteiger charge is -2.46. The molecule has 0 saturated carbocycles. The number of anilines is 1. The summed E-state index contributed by atoms with van der Waals surface area (Å²) in [5.41, 5.74) is 2.26. The first-order chi connectivity index (χ1) is 17.5. The Bertz CT molecular complexity index is 1440. The summed E-state index contributed by atoms with van der Waals surface area (Å²) >= 11 is 1.62. The van der Waals surface area contributed by atoms with Crippen LogP contribution in [0.1, 0.15) is 40.1 Å². The second-order valence-corrected chi connectivity index (χ2v) is 10.3. The number of benzene rings is 2. The van der Waals surface area contributed by atoms with Crippen molar-refractivity contribution in [2.24, 2.45) is 0 Å². The van der Waals surface area contributed by atoms with Crippen LogP contribution in [0.3, 0.4) is 0 Å². The first-order valence-corrected chi connectivity index (χ1v) is 12.6. The molecule has 0 aliphatic carbocycles.